The number of nitro groups is 1. The molecule has 60 heavy (non-hydrogen) atoms. The van der Waals surface area contributed by atoms with Crippen molar-refractivity contribution in [1.82, 2.24) is 0 Å². The third-order valence-electron chi connectivity index (χ3n) is 10.0. The Morgan fingerprint density at radius 1 is 0.617 bits per heavy atom. The first-order chi connectivity index (χ1) is 28.2. The third kappa shape index (κ3) is 13.0. The highest BCUT2D eigenvalue weighted by Crippen LogP contribution is 2.42. The second kappa shape index (κ2) is 18.9. The van der Waals surface area contributed by atoms with Crippen LogP contribution in [-0.4, -0.2) is 54.2 Å². The van der Waals surface area contributed by atoms with Gasteiger partial charge in [0.15, 0.2) is 0 Å². The molecular weight excluding hydrogens is 765 g/mol. The molecule has 0 amide bonds. The number of hydrogen-bond acceptors (Lipinski definition) is 11. The first kappa shape index (κ1) is 45.1. The summed E-state index contributed by atoms with van der Waals surface area (Å²) in [6.45, 7) is 10.7. The Hall–Kier alpha value is -6.04. The second-order valence-electron chi connectivity index (χ2n) is 17.5. The lowest BCUT2D eigenvalue weighted by atomic mass is 9.95. The number of carbonyl (C=O) groups excluding carboxylic acids is 4. The van der Waals surface area contributed by atoms with Gasteiger partial charge in [-0.3, -0.25) is 19.7 Å². The molecule has 318 valence electrons. The zero-order valence-electron chi connectivity index (χ0n) is 35.8. The number of nitrogen functional groups attached to an aromatic ring is 1. The minimum atomic E-state index is -0.678. The molecule has 0 unspecified atom stereocenters. The van der Waals surface area contributed by atoms with Crippen molar-refractivity contribution in [2.24, 2.45) is 0 Å². The van der Waals surface area contributed by atoms with E-state index in [1.807, 2.05) is 63.2 Å². The minimum Gasteiger partial charge on any atom is -0.465 e. The van der Waals surface area contributed by atoms with Gasteiger partial charge in [-0.05, 0) is 155 Å². The zero-order valence-corrected chi connectivity index (χ0v) is 35.8. The molecule has 0 bridgehead atoms. The second-order valence-corrected chi connectivity index (χ2v) is 17.5. The van der Waals surface area contributed by atoms with Gasteiger partial charge in [-0.25, -0.2) is 9.59 Å². The maximum Gasteiger partial charge on any atom is 0.338 e. The third-order valence-corrected chi connectivity index (χ3v) is 10.0. The van der Waals surface area contributed by atoms with E-state index in [1.54, 1.807) is 39.0 Å². The van der Waals surface area contributed by atoms with Crippen molar-refractivity contribution in [1.29, 1.82) is 0 Å². The smallest absolute Gasteiger partial charge is 0.338 e. The number of hydrogen-bond donors (Lipinski definition) is 1. The van der Waals surface area contributed by atoms with Crippen LogP contribution in [0, 0.1) is 10.1 Å². The van der Waals surface area contributed by atoms with Crippen molar-refractivity contribution in [2.45, 2.75) is 116 Å². The molecule has 0 atom stereocenters. The quantitative estimate of drug-likeness (QED) is 0.0448. The highest BCUT2D eigenvalue weighted by Gasteiger charge is 2.28. The van der Waals surface area contributed by atoms with Gasteiger partial charge in [0.05, 0.1) is 43.1 Å². The molecule has 2 N–H and O–H groups in total. The number of rotatable bonds is 13. The van der Waals surface area contributed by atoms with E-state index >= 15 is 0 Å². The average Bonchev–Trinajstić information content (AvgIpc) is 4.09. The van der Waals surface area contributed by atoms with Gasteiger partial charge in [0.25, 0.3) is 5.69 Å². The predicted octanol–water partition coefficient (Wildman–Crippen LogP) is 9.14. The van der Waals surface area contributed by atoms with E-state index < -0.39 is 28.1 Å². The lowest BCUT2D eigenvalue weighted by molar-refractivity contribution is -0.385. The van der Waals surface area contributed by atoms with Crippen molar-refractivity contribution in [3.63, 3.8) is 0 Å². The Kier molecular flexibility index (Phi) is 14.2. The normalized spacial score (nSPS) is 13.7. The van der Waals surface area contributed by atoms with Crippen LogP contribution in [0.4, 0.5) is 11.4 Å². The molecule has 0 aromatic heterocycles. The number of esters is 4. The van der Waals surface area contributed by atoms with E-state index in [0.717, 1.165) is 46.2 Å². The van der Waals surface area contributed by atoms with Gasteiger partial charge in [0.1, 0.15) is 11.2 Å². The number of ether oxygens (including phenoxy) is 4. The molecule has 4 aromatic carbocycles. The molecule has 0 aliphatic heterocycles. The van der Waals surface area contributed by atoms with Crippen LogP contribution >= 0.6 is 0 Å². The Labute approximate surface area is 351 Å². The van der Waals surface area contributed by atoms with Crippen LogP contribution in [-0.2, 0) is 54.2 Å². The Morgan fingerprint density at radius 2 is 1.03 bits per heavy atom. The van der Waals surface area contributed by atoms with Gasteiger partial charge in [-0.2, -0.15) is 0 Å². The topological polar surface area (TPSA) is 174 Å². The van der Waals surface area contributed by atoms with Crippen molar-refractivity contribution >= 4 is 35.3 Å². The van der Waals surface area contributed by atoms with Gasteiger partial charge in [-0.15, -0.1) is 0 Å². The van der Waals surface area contributed by atoms with Crippen molar-refractivity contribution in [2.75, 3.05) is 20.0 Å². The number of carbonyl (C=O) groups is 4. The number of nitrogens with two attached hydrogens (primary N) is 1. The number of methoxy groups -OCH3 is 2. The molecule has 2 aliphatic rings. The van der Waals surface area contributed by atoms with Crippen LogP contribution in [0.2, 0.25) is 0 Å². The zero-order chi connectivity index (χ0) is 43.9. The largest absolute Gasteiger partial charge is 0.465 e. The minimum absolute atomic E-state index is 0.113. The van der Waals surface area contributed by atoms with Crippen LogP contribution in [0.5, 0.6) is 0 Å². The average molecular weight is 821 g/mol. The van der Waals surface area contributed by atoms with E-state index in [1.165, 1.54) is 38.7 Å². The molecule has 2 fully saturated rings. The lowest BCUT2D eigenvalue weighted by Gasteiger charge is -2.20. The SMILES string of the molecule is COC(=O)c1cc(C2CC2)ccc1Cc1ccc(N)c(CC(=O)OC(C)(C)C)c1.COC(=O)c1cc(C2CC2)ccc1Cc1ccc([N+](=O)[O-])c(CC(=O)OC(C)(C)C)c1. The number of benzene rings is 4. The van der Waals surface area contributed by atoms with Gasteiger partial charge < -0.3 is 24.7 Å². The maximum absolute atomic E-state index is 12.3. The summed E-state index contributed by atoms with van der Waals surface area (Å²) in [4.78, 5) is 60.0. The van der Waals surface area contributed by atoms with Crippen LogP contribution in [0.1, 0.15) is 144 Å². The number of nitrogens with zero attached hydrogens (tertiary/aromatic N) is 1. The standard InChI is InChI=1S/C24H27NO6.C24H29NO4/c1-24(2,3)31-22(26)14-19-12-15(5-10-21(19)25(28)29)11-18-9-8-17(16-6-7-16)13-20(18)23(27)30-4;1-24(2,3)29-22(26)14-19-12-15(5-10-21(19)25)11-18-9-8-17(16-6-7-16)13-20(18)23(27)28-4/h5,8-10,12-13,16H,6-7,11,14H2,1-4H3;5,8-10,12-13,16H,6-7,11,14,25H2,1-4H3. The highest BCUT2D eigenvalue weighted by molar-refractivity contribution is 5.92. The molecule has 2 saturated carbocycles. The van der Waals surface area contributed by atoms with E-state index in [0.29, 0.717) is 41.5 Å². The van der Waals surface area contributed by atoms with Gasteiger partial charge in [-0.1, -0.05) is 42.5 Å². The Morgan fingerprint density at radius 3 is 1.43 bits per heavy atom. The van der Waals surface area contributed by atoms with Gasteiger partial charge in [0, 0.05) is 17.3 Å². The van der Waals surface area contributed by atoms with E-state index in [-0.39, 0.29) is 36.0 Å². The predicted molar refractivity (Wildman–Crippen MR) is 228 cm³/mol. The lowest BCUT2D eigenvalue weighted by Crippen LogP contribution is -2.25. The molecule has 0 heterocycles. The number of nitro benzene ring substituents is 1. The van der Waals surface area contributed by atoms with E-state index in [4.69, 9.17) is 24.7 Å². The molecular formula is C48H56N2O10. The molecule has 12 heteroatoms. The van der Waals surface area contributed by atoms with Crippen molar-refractivity contribution in [3.05, 3.63) is 139 Å². The first-order valence-electron chi connectivity index (χ1n) is 20.2. The molecule has 0 spiro atoms. The Bertz CT molecular complexity index is 2260. The molecule has 4 aromatic rings. The van der Waals surface area contributed by atoms with Crippen LogP contribution in [0.15, 0.2) is 72.8 Å². The molecule has 6 rings (SSSR count). The summed E-state index contributed by atoms with van der Waals surface area (Å²) in [5.74, 6) is -0.524. The molecule has 12 nitrogen and oxygen atoms in total. The number of anilines is 1. The monoisotopic (exact) mass is 820 g/mol. The fraction of sp³-hybridized carbons (Fsp3) is 0.417. The van der Waals surface area contributed by atoms with Crippen LogP contribution in [0.3, 0.4) is 0 Å². The Balaban J connectivity index is 0.000000228. The fourth-order valence-corrected chi connectivity index (χ4v) is 6.93. The molecule has 0 radical (unpaired) electrons. The summed E-state index contributed by atoms with van der Waals surface area (Å²) in [6.07, 6.45) is 5.43. The van der Waals surface area contributed by atoms with E-state index in [9.17, 15) is 29.3 Å². The summed E-state index contributed by atoms with van der Waals surface area (Å²) in [5.41, 5.74) is 13.1. The highest BCUT2D eigenvalue weighted by atomic mass is 16.6. The van der Waals surface area contributed by atoms with Crippen LogP contribution < -0.4 is 5.73 Å². The molecule has 0 saturated heterocycles. The maximum atomic E-state index is 12.3. The van der Waals surface area contributed by atoms with Crippen molar-refractivity contribution < 1.29 is 43.0 Å². The van der Waals surface area contributed by atoms with Gasteiger partial charge in [0.2, 0.25) is 0 Å². The first-order valence-corrected chi connectivity index (χ1v) is 20.2. The van der Waals surface area contributed by atoms with Gasteiger partial charge >= 0.3 is 23.9 Å². The van der Waals surface area contributed by atoms with Crippen LogP contribution in [0.25, 0.3) is 0 Å². The summed E-state index contributed by atoms with van der Waals surface area (Å²) < 4.78 is 20.7. The summed E-state index contributed by atoms with van der Waals surface area (Å²) in [6, 6.07) is 22.2. The summed E-state index contributed by atoms with van der Waals surface area (Å²) >= 11 is 0. The fourth-order valence-electron chi connectivity index (χ4n) is 6.93. The summed E-state index contributed by atoms with van der Waals surface area (Å²) in [7, 11) is 2.75. The van der Waals surface area contributed by atoms with Crippen molar-refractivity contribution in [3.8, 4) is 0 Å². The van der Waals surface area contributed by atoms with E-state index in [2.05, 4.69) is 6.07 Å². The molecule has 2 aliphatic carbocycles. The summed E-state index contributed by atoms with van der Waals surface area (Å²) in [5, 5.41) is 11.4.